The van der Waals surface area contributed by atoms with Gasteiger partial charge in [0.2, 0.25) is 0 Å². The molecule has 0 spiro atoms. The van der Waals surface area contributed by atoms with E-state index in [4.69, 9.17) is 0 Å². The lowest BCUT2D eigenvalue weighted by Gasteiger charge is -2.21. The van der Waals surface area contributed by atoms with Crippen LogP contribution in [0.2, 0.25) is 0 Å². The molecule has 0 aromatic carbocycles. The highest BCUT2D eigenvalue weighted by Crippen LogP contribution is 2.31. The second-order valence-corrected chi connectivity index (χ2v) is 7.48. The Morgan fingerprint density at radius 2 is 2.10 bits per heavy atom. The van der Waals surface area contributed by atoms with Gasteiger partial charge in [0, 0.05) is 25.8 Å². The Morgan fingerprint density at radius 1 is 1.33 bits per heavy atom. The molecule has 1 saturated carbocycles. The number of nitrogens with one attached hydrogen (secondary N) is 1. The maximum absolute atomic E-state index is 12.7. The molecule has 0 aliphatic heterocycles. The van der Waals surface area contributed by atoms with E-state index >= 15 is 0 Å². The largest absolute Gasteiger partial charge is 0.313 e. The monoisotopic (exact) mass is 311 g/mol. The zero-order valence-electron chi connectivity index (χ0n) is 12.9. The highest BCUT2D eigenvalue weighted by Gasteiger charge is 2.31. The fourth-order valence-corrected chi connectivity index (χ4v) is 3.74. The SMILES string of the molecule is CCCN(CC1CC1)S(=O)(=O)c1ccc(CNCC)cn1. The van der Waals surface area contributed by atoms with Crippen LogP contribution in [-0.2, 0) is 16.6 Å². The fraction of sp³-hybridized carbons (Fsp3) is 0.667. The van der Waals surface area contributed by atoms with Crippen LogP contribution in [0.25, 0.3) is 0 Å². The van der Waals surface area contributed by atoms with Crippen molar-refractivity contribution in [2.24, 2.45) is 5.92 Å². The summed E-state index contributed by atoms with van der Waals surface area (Å²) in [5.41, 5.74) is 1.00. The fourth-order valence-electron chi connectivity index (χ4n) is 2.22. The summed E-state index contributed by atoms with van der Waals surface area (Å²) in [6, 6.07) is 3.46. The van der Waals surface area contributed by atoms with Gasteiger partial charge < -0.3 is 5.32 Å². The van der Waals surface area contributed by atoms with Gasteiger partial charge in [-0.15, -0.1) is 0 Å². The molecule has 1 heterocycles. The Balaban J connectivity index is 2.12. The van der Waals surface area contributed by atoms with Crippen LogP contribution in [0.4, 0.5) is 0 Å². The summed E-state index contributed by atoms with van der Waals surface area (Å²) in [5, 5.41) is 3.36. The summed E-state index contributed by atoms with van der Waals surface area (Å²) in [7, 11) is -3.45. The predicted molar refractivity (Wildman–Crippen MR) is 83.4 cm³/mol. The first-order valence-electron chi connectivity index (χ1n) is 7.73. The lowest BCUT2D eigenvalue weighted by molar-refractivity contribution is 0.394. The van der Waals surface area contributed by atoms with E-state index in [0.29, 0.717) is 25.6 Å². The number of hydrogen-bond acceptors (Lipinski definition) is 4. The number of rotatable bonds is 9. The van der Waals surface area contributed by atoms with Gasteiger partial charge in [0.1, 0.15) is 0 Å². The summed E-state index contributed by atoms with van der Waals surface area (Å²) in [6.45, 7) is 6.84. The van der Waals surface area contributed by atoms with Gasteiger partial charge in [-0.3, -0.25) is 0 Å². The van der Waals surface area contributed by atoms with Crippen LogP contribution in [0.5, 0.6) is 0 Å². The van der Waals surface area contributed by atoms with Gasteiger partial charge in [-0.1, -0.05) is 19.9 Å². The number of pyridine rings is 1. The van der Waals surface area contributed by atoms with Gasteiger partial charge >= 0.3 is 0 Å². The van der Waals surface area contributed by atoms with Crippen molar-refractivity contribution >= 4 is 10.0 Å². The Bertz CT molecular complexity index is 539. The number of sulfonamides is 1. The third-order valence-electron chi connectivity index (χ3n) is 3.61. The van der Waals surface area contributed by atoms with Crippen molar-refractivity contribution in [3.8, 4) is 0 Å². The minimum atomic E-state index is -3.45. The molecule has 1 aromatic heterocycles. The first-order valence-corrected chi connectivity index (χ1v) is 9.17. The third kappa shape index (κ3) is 4.49. The Kier molecular flexibility index (Phi) is 5.72. The van der Waals surface area contributed by atoms with Crippen molar-refractivity contribution in [1.82, 2.24) is 14.6 Å². The summed E-state index contributed by atoms with van der Waals surface area (Å²) >= 11 is 0. The highest BCUT2D eigenvalue weighted by molar-refractivity contribution is 7.89. The van der Waals surface area contributed by atoms with E-state index in [1.54, 1.807) is 16.6 Å². The van der Waals surface area contributed by atoms with Crippen LogP contribution in [0.3, 0.4) is 0 Å². The summed E-state index contributed by atoms with van der Waals surface area (Å²) in [4.78, 5) is 4.16. The van der Waals surface area contributed by atoms with Crippen molar-refractivity contribution in [1.29, 1.82) is 0 Å². The van der Waals surface area contributed by atoms with Crippen molar-refractivity contribution < 1.29 is 8.42 Å². The normalized spacial score (nSPS) is 15.6. The molecule has 1 aliphatic carbocycles. The smallest absolute Gasteiger partial charge is 0.260 e. The second-order valence-electron chi connectivity index (χ2n) is 5.59. The third-order valence-corrected chi connectivity index (χ3v) is 5.39. The molecule has 0 bridgehead atoms. The zero-order chi connectivity index (χ0) is 15.3. The quantitative estimate of drug-likeness (QED) is 0.758. The van der Waals surface area contributed by atoms with E-state index < -0.39 is 10.0 Å². The van der Waals surface area contributed by atoms with Gasteiger partial charge in [-0.2, -0.15) is 4.31 Å². The topological polar surface area (TPSA) is 62.3 Å². The molecule has 0 amide bonds. The first kappa shape index (κ1) is 16.4. The zero-order valence-corrected chi connectivity index (χ0v) is 13.7. The molecule has 1 aliphatic rings. The van der Waals surface area contributed by atoms with E-state index in [-0.39, 0.29) is 5.03 Å². The lowest BCUT2D eigenvalue weighted by atomic mass is 10.3. The minimum Gasteiger partial charge on any atom is -0.313 e. The minimum absolute atomic E-state index is 0.164. The van der Waals surface area contributed by atoms with Crippen LogP contribution in [0.1, 0.15) is 38.7 Å². The molecule has 21 heavy (non-hydrogen) atoms. The van der Waals surface area contributed by atoms with Gasteiger partial charge in [0.05, 0.1) is 0 Å². The predicted octanol–water partition coefficient (Wildman–Crippen LogP) is 2.00. The van der Waals surface area contributed by atoms with Crippen LogP contribution in [0.15, 0.2) is 23.4 Å². The maximum Gasteiger partial charge on any atom is 0.260 e. The average molecular weight is 311 g/mol. The number of nitrogens with zero attached hydrogens (tertiary/aromatic N) is 2. The van der Waals surface area contributed by atoms with E-state index in [9.17, 15) is 8.42 Å². The molecule has 2 rings (SSSR count). The number of hydrogen-bond donors (Lipinski definition) is 1. The molecule has 0 unspecified atom stereocenters. The van der Waals surface area contributed by atoms with Gasteiger partial charge in [0.15, 0.2) is 5.03 Å². The van der Waals surface area contributed by atoms with Crippen LogP contribution in [0, 0.1) is 5.92 Å². The Morgan fingerprint density at radius 3 is 2.62 bits per heavy atom. The van der Waals surface area contributed by atoms with E-state index in [0.717, 1.165) is 31.4 Å². The molecule has 0 atom stereocenters. The first-order chi connectivity index (χ1) is 10.1. The highest BCUT2D eigenvalue weighted by atomic mass is 32.2. The van der Waals surface area contributed by atoms with Gasteiger partial charge in [0.25, 0.3) is 10.0 Å². The molecule has 1 aromatic rings. The van der Waals surface area contributed by atoms with Gasteiger partial charge in [-0.05, 0) is 43.4 Å². The van der Waals surface area contributed by atoms with E-state index in [2.05, 4.69) is 10.3 Å². The molecule has 118 valence electrons. The number of aromatic nitrogens is 1. The van der Waals surface area contributed by atoms with Crippen LogP contribution < -0.4 is 5.32 Å². The molecule has 1 fully saturated rings. The van der Waals surface area contributed by atoms with Crippen molar-refractivity contribution in [2.45, 2.75) is 44.7 Å². The van der Waals surface area contributed by atoms with Crippen molar-refractivity contribution in [2.75, 3.05) is 19.6 Å². The Hall–Kier alpha value is -0.980. The van der Waals surface area contributed by atoms with Crippen LogP contribution in [-0.4, -0.2) is 37.3 Å². The summed E-state index contributed by atoms with van der Waals surface area (Å²) in [6.07, 6.45) is 4.76. The summed E-state index contributed by atoms with van der Waals surface area (Å²) in [5.74, 6) is 0.541. The molecular weight excluding hydrogens is 286 g/mol. The molecule has 6 heteroatoms. The second kappa shape index (κ2) is 7.33. The molecular formula is C15H25N3O2S. The molecule has 0 radical (unpaired) electrons. The van der Waals surface area contributed by atoms with Crippen molar-refractivity contribution in [3.63, 3.8) is 0 Å². The summed E-state index contributed by atoms with van der Waals surface area (Å²) < 4.78 is 26.9. The van der Waals surface area contributed by atoms with E-state index in [1.807, 2.05) is 19.9 Å². The lowest BCUT2D eigenvalue weighted by Crippen LogP contribution is -2.34. The Labute approximate surface area is 127 Å². The molecule has 0 saturated heterocycles. The average Bonchev–Trinajstić information content (AvgIpc) is 3.29. The van der Waals surface area contributed by atoms with E-state index in [1.165, 1.54) is 0 Å². The maximum atomic E-state index is 12.7. The standard InChI is InChI=1S/C15H25N3O2S/c1-3-9-18(12-13-5-6-13)21(19,20)15-8-7-14(11-17-15)10-16-4-2/h7-8,11,13,16H,3-6,9-10,12H2,1-2H3. The van der Waals surface area contributed by atoms with Crippen molar-refractivity contribution in [3.05, 3.63) is 23.9 Å². The van der Waals surface area contributed by atoms with Crippen LogP contribution >= 0.6 is 0 Å². The van der Waals surface area contributed by atoms with Gasteiger partial charge in [-0.25, -0.2) is 13.4 Å². The molecule has 1 N–H and O–H groups in total. The molecule has 5 nitrogen and oxygen atoms in total.